The van der Waals surface area contributed by atoms with Crippen molar-refractivity contribution >= 4 is 5.82 Å². The highest BCUT2D eigenvalue weighted by Gasteiger charge is 2.08. The first-order valence-corrected chi connectivity index (χ1v) is 6.49. The first-order valence-electron chi connectivity index (χ1n) is 6.49. The predicted molar refractivity (Wildman–Crippen MR) is 72.0 cm³/mol. The van der Waals surface area contributed by atoms with Gasteiger partial charge < -0.3 is 20.5 Å². The fourth-order valence-electron chi connectivity index (χ4n) is 2.12. The molecule has 6 heteroatoms. The summed E-state index contributed by atoms with van der Waals surface area (Å²) in [5.41, 5.74) is -0.105. The molecular weight excluding hydrogens is 230 g/mol. The maximum atomic E-state index is 11.2. The van der Waals surface area contributed by atoms with Crippen LogP contribution in [0.15, 0.2) is 10.9 Å². The van der Waals surface area contributed by atoms with Crippen LogP contribution < -0.4 is 16.2 Å². The minimum Gasteiger partial charge on any atom is -0.370 e. The van der Waals surface area contributed by atoms with Gasteiger partial charge in [-0.05, 0) is 19.9 Å². The average Bonchev–Trinajstić information content (AvgIpc) is 2.35. The van der Waals surface area contributed by atoms with Gasteiger partial charge in [0.15, 0.2) is 0 Å². The van der Waals surface area contributed by atoms with E-state index in [2.05, 4.69) is 25.5 Å². The van der Waals surface area contributed by atoms with Crippen molar-refractivity contribution in [2.24, 2.45) is 0 Å². The lowest BCUT2D eigenvalue weighted by atomic mass is 10.3. The van der Waals surface area contributed by atoms with E-state index in [9.17, 15) is 4.79 Å². The number of aromatic amines is 1. The summed E-state index contributed by atoms with van der Waals surface area (Å²) in [6.45, 7) is 8.15. The Hall–Kier alpha value is -1.40. The molecule has 1 aliphatic rings. The Kier molecular flexibility index (Phi) is 4.72. The zero-order chi connectivity index (χ0) is 12.8. The van der Waals surface area contributed by atoms with E-state index in [1.807, 2.05) is 0 Å². The van der Waals surface area contributed by atoms with E-state index in [-0.39, 0.29) is 5.56 Å². The molecule has 0 aliphatic carbocycles. The maximum Gasteiger partial charge on any atom is 0.252 e. The molecule has 0 bridgehead atoms. The summed E-state index contributed by atoms with van der Waals surface area (Å²) in [4.78, 5) is 20.6. The third kappa shape index (κ3) is 4.12. The molecule has 0 unspecified atom stereocenters. The van der Waals surface area contributed by atoms with E-state index < -0.39 is 0 Å². The Labute approximate surface area is 107 Å². The fourth-order valence-corrected chi connectivity index (χ4v) is 2.12. The third-order valence-electron chi connectivity index (χ3n) is 3.03. The Balaban J connectivity index is 1.69. The second kappa shape index (κ2) is 6.51. The van der Waals surface area contributed by atoms with Gasteiger partial charge in [-0.1, -0.05) is 0 Å². The van der Waals surface area contributed by atoms with E-state index in [1.54, 1.807) is 6.92 Å². The summed E-state index contributed by atoms with van der Waals surface area (Å²) in [6.07, 6.45) is 1.06. The first-order chi connectivity index (χ1) is 8.74. The van der Waals surface area contributed by atoms with E-state index in [4.69, 9.17) is 0 Å². The van der Waals surface area contributed by atoms with E-state index in [0.717, 1.165) is 45.7 Å². The molecule has 0 amide bonds. The number of aromatic nitrogens is 2. The lowest BCUT2D eigenvalue weighted by Gasteiger charge is -2.27. The minimum atomic E-state index is -0.105. The van der Waals surface area contributed by atoms with E-state index in [1.165, 1.54) is 6.07 Å². The smallest absolute Gasteiger partial charge is 0.252 e. The van der Waals surface area contributed by atoms with Crippen LogP contribution in [-0.2, 0) is 0 Å². The quantitative estimate of drug-likeness (QED) is 0.631. The molecule has 0 spiro atoms. The van der Waals surface area contributed by atoms with Gasteiger partial charge in [-0.25, -0.2) is 4.98 Å². The molecule has 0 aromatic carbocycles. The third-order valence-corrected chi connectivity index (χ3v) is 3.03. The Morgan fingerprint density at radius 1 is 1.44 bits per heavy atom. The Morgan fingerprint density at radius 2 is 2.22 bits per heavy atom. The zero-order valence-corrected chi connectivity index (χ0v) is 10.8. The molecule has 2 heterocycles. The monoisotopic (exact) mass is 251 g/mol. The molecule has 1 aromatic heterocycles. The molecule has 1 fully saturated rings. The number of piperazine rings is 1. The van der Waals surface area contributed by atoms with Gasteiger partial charge in [-0.2, -0.15) is 0 Å². The van der Waals surface area contributed by atoms with Crippen molar-refractivity contribution in [3.8, 4) is 0 Å². The first kappa shape index (κ1) is 13.0. The van der Waals surface area contributed by atoms with Crippen molar-refractivity contribution in [2.75, 3.05) is 44.6 Å². The summed E-state index contributed by atoms with van der Waals surface area (Å²) < 4.78 is 0. The van der Waals surface area contributed by atoms with Crippen LogP contribution in [0.4, 0.5) is 5.82 Å². The second-order valence-electron chi connectivity index (χ2n) is 4.59. The highest BCUT2D eigenvalue weighted by Crippen LogP contribution is 1.99. The highest BCUT2D eigenvalue weighted by molar-refractivity contribution is 5.32. The lowest BCUT2D eigenvalue weighted by molar-refractivity contribution is 0.240. The summed E-state index contributed by atoms with van der Waals surface area (Å²) in [6, 6.07) is 1.50. The molecule has 1 aliphatic heterocycles. The predicted octanol–water partition coefficient (Wildman–Crippen LogP) is -0.214. The van der Waals surface area contributed by atoms with Gasteiger partial charge in [0.25, 0.3) is 5.56 Å². The van der Waals surface area contributed by atoms with Crippen LogP contribution in [0.2, 0.25) is 0 Å². The van der Waals surface area contributed by atoms with Gasteiger partial charge in [0.2, 0.25) is 0 Å². The van der Waals surface area contributed by atoms with Crippen LogP contribution >= 0.6 is 0 Å². The topological polar surface area (TPSA) is 73.1 Å². The number of hydrogen-bond acceptors (Lipinski definition) is 5. The number of nitrogens with zero attached hydrogens (tertiary/aromatic N) is 2. The van der Waals surface area contributed by atoms with E-state index >= 15 is 0 Å². The molecule has 18 heavy (non-hydrogen) atoms. The number of rotatable bonds is 5. The van der Waals surface area contributed by atoms with E-state index in [0.29, 0.717) is 11.6 Å². The number of H-pyrrole nitrogens is 1. The SMILES string of the molecule is Cc1nc(NCCCN2CCNCC2)cc(=O)[nH]1. The summed E-state index contributed by atoms with van der Waals surface area (Å²) in [5.74, 6) is 1.31. The van der Waals surface area contributed by atoms with Crippen LogP contribution in [0.25, 0.3) is 0 Å². The summed E-state index contributed by atoms with van der Waals surface area (Å²) in [5, 5.41) is 6.53. The van der Waals surface area contributed by atoms with Crippen molar-refractivity contribution in [1.82, 2.24) is 20.2 Å². The summed E-state index contributed by atoms with van der Waals surface area (Å²) in [7, 11) is 0. The van der Waals surface area contributed by atoms with Crippen molar-refractivity contribution in [3.63, 3.8) is 0 Å². The highest BCUT2D eigenvalue weighted by atomic mass is 16.1. The van der Waals surface area contributed by atoms with Crippen LogP contribution in [-0.4, -0.2) is 54.1 Å². The normalized spacial score (nSPS) is 16.7. The van der Waals surface area contributed by atoms with Crippen LogP contribution in [0, 0.1) is 6.92 Å². The fraction of sp³-hybridized carbons (Fsp3) is 0.667. The average molecular weight is 251 g/mol. The maximum absolute atomic E-state index is 11.2. The molecule has 100 valence electrons. The van der Waals surface area contributed by atoms with Crippen LogP contribution in [0.3, 0.4) is 0 Å². The minimum absolute atomic E-state index is 0.105. The van der Waals surface area contributed by atoms with Gasteiger partial charge >= 0.3 is 0 Å². The molecule has 1 saturated heterocycles. The summed E-state index contributed by atoms with van der Waals surface area (Å²) >= 11 is 0. The Bertz CT molecular complexity index is 425. The van der Waals surface area contributed by atoms with Gasteiger partial charge in [0, 0.05) is 38.8 Å². The van der Waals surface area contributed by atoms with Crippen LogP contribution in [0.1, 0.15) is 12.2 Å². The number of hydrogen-bond donors (Lipinski definition) is 3. The van der Waals surface area contributed by atoms with Crippen molar-refractivity contribution in [1.29, 1.82) is 0 Å². The van der Waals surface area contributed by atoms with Crippen LogP contribution in [0.5, 0.6) is 0 Å². The molecule has 2 rings (SSSR count). The van der Waals surface area contributed by atoms with Gasteiger partial charge in [0.1, 0.15) is 11.6 Å². The number of aryl methyl sites for hydroxylation is 1. The van der Waals surface area contributed by atoms with Gasteiger partial charge in [0.05, 0.1) is 0 Å². The van der Waals surface area contributed by atoms with Crippen molar-refractivity contribution in [3.05, 3.63) is 22.2 Å². The van der Waals surface area contributed by atoms with Crippen molar-refractivity contribution < 1.29 is 0 Å². The molecule has 0 atom stereocenters. The Morgan fingerprint density at radius 3 is 2.94 bits per heavy atom. The molecule has 6 nitrogen and oxygen atoms in total. The molecule has 1 aromatic rings. The standard InChI is InChI=1S/C12H21N5O/c1-10-15-11(9-12(18)16-10)14-3-2-6-17-7-4-13-5-8-17/h9,13H,2-8H2,1H3,(H2,14,15,16,18). The molecule has 0 saturated carbocycles. The number of anilines is 1. The zero-order valence-electron chi connectivity index (χ0n) is 10.8. The largest absolute Gasteiger partial charge is 0.370 e. The molecular formula is C12H21N5O. The molecule has 0 radical (unpaired) electrons. The van der Waals surface area contributed by atoms with Gasteiger partial charge in [-0.3, -0.25) is 4.79 Å². The molecule has 3 N–H and O–H groups in total. The van der Waals surface area contributed by atoms with Crippen molar-refractivity contribution in [2.45, 2.75) is 13.3 Å². The van der Waals surface area contributed by atoms with Gasteiger partial charge in [-0.15, -0.1) is 0 Å². The number of nitrogens with one attached hydrogen (secondary N) is 3. The second-order valence-corrected chi connectivity index (χ2v) is 4.59. The lowest BCUT2D eigenvalue weighted by Crippen LogP contribution is -2.44.